The highest BCUT2D eigenvalue weighted by atomic mass is 16.5. The van der Waals surface area contributed by atoms with Gasteiger partial charge in [-0.15, -0.1) is 0 Å². The summed E-state index contributed by atoms with van der Waals surface area (Å²) in [5.74, 6) is -1.77. The number of hydrogen-bond donors (Lipinski definition) is 3. The zero-order valence-corrected chi connectivity index (χ0v) is 12.5. The van der Waals surface area contributed by atoms with E-state index in [2.05, 4.69) is 10.6 Å². The van der Waals surface area contributed by atoms with E-state index in [0.29, 0.717) is 32.8 Å². The number of carboxylic acids is 1. The van der Waals surface area contributed by atoms with Crippen LogP contribution in [-0.4, -0.2) is 56.5 Å². The summed E-state index contributed by atoms with van der Waals surface area (Å²) in [4.78, 5) is 33.3. The van der Waals surface area contributed by atoms with Gasteiger partial charge in [-0.1, -0.05) is 6.92 Å². The molecule has 0 aromatic heterocycles. The van der Waals surface area contributed by atoms with Gasteiger partial charge in [0.05, 0.1) is 13.2 Å². The van der Waals surface area contributed by atoms with E-state index in [0.717, 1.165) is 0 Å². The van der Waals surface area contributed by atoms with Crippen LogP contribution in [-0.2, 0) is 19.1 Å². The third-order valence-corrected chi connectivity index (χ3v) is 2.49. The van der Waals surface area contributed by atoms with E-state index >= 15 is 0 Å². The molecule has 0 radical (unpaired) electrons. The van der Waals surface area contributed by atoms with Crippen molar-refractivity contribution in [1.29, 1.82) is 0 Å². The molecule has 0 rings (SSSR count). The number of carbonyl (C=O) groups is 3. The van der Waals surface area contributed by atoms with Gasteiger partial charge >= 0.3 is 12.0 Å². The Morgan fingerprint density at radius 3 is 2.48 bits per heavy atom. The summed E-state index contributed by atoms with van der Waals surface area (Å²) in [5, 5.41) is 13.2. The van der Waals surface area contributed by atoms with Crippen molar-refractivity contribution >= 4 is 17.9 Å². The normalized spacial score (nSPS) is 11.7. The summed E-state index contributed by atoms with van der Waals surface area (Å²) < 4.78 is 10.0. The topological polar surface area (TPSA) is 114 Å². The highest BCUT2D eigenvalue weighted by Gasteiger charge is 2.14. The first-order valence-corrected chi connectivity index (χ1v) is 6.81. The molecule has 0 saturated carbocycles. The third kappa shape index (κ3) is 13.1. The molecule has 8 heteroatoms. The number of carboxylic acid groups (broad SMARTS) is 1. The van der Waals surface area contributed by atoms with Crippen molar-refractivity contribution in [3.8, 4) is 0 Å². The Labute approximate surface area is 124 Å². The summed E-state index contributed by atoms with van der Waals surface area (Å²) in [7, 11) is 1.59. The molecule has 0 spiro atoms. The minimum absolute atomic E-state index is 0.000150. The zero-order valence-electron chi connectivity index (χ0n) is 12.5. The monoisotopic (exact) mass is 304 g/mol. The highest BCUT2D eigenvalue weighted by molar-refractivity contribution is 5.94. The maximum Gasteiger partial charge on any atom is 0.321 e. The molecule has 1 atom stereocenters. The minimum atomic E-state index is -0.965. The molecular weight excluding hydrogens is 280 g/mol. The van der Waals surface area contributed by atoms with Crippen molar-refractivity contribution in [1.82, 2.24) is 10.6 Å². The molecule has 3 amide bonds. The van der Waals surface area contributed by atoms with Gasteiger partial charge in [0.1, 0.15) is 0 Å². The SMILES string of the molecule is COCCOCCCNC(=O)NC(=O)CC(C)CC(=O)O. The second-order valence-electron chi connectivity index (χ2n) is 4.67. The second kappa shape index (κ2) is 12.1. The number of urea groups is 1. The largest absolute Gasteiger partial charge is 0.481 e. The Kier molecular flexibility index (Phi) is 11.1. The van der Waals surface area contributed by atoms with Crippen molar-refractivity contribution in [2.45, 2.75) is 26.2 Å². The lowest BCUT2D eigenvalue weighted by molar-refractivity contribution is -0.138. The van der Waals surface area contributed by atoms with Crippen LogP contribution in [0.25, 0.3) is 0 Å². The lowest BCUT2D eigenvalue weighted by Crippen LogP contribution is -2.40. The molecule has 0 aromatic rings. The number of rotatable bonds is 11. The second-order valence-corrected chi connectivity index (χ2v) is 4.67. The molecule has 21 heavy (non-hydrogen) atoms. The van der Waals surface area contributed by atoms with Gasteiger partial charge in [-0.3, -0.25) is 14.9 Å². The van der Waals surface area contributed by atoms with Crippen LogP contribution in [0.4, 0.5) is 4.79 Å². The molecular formula is C13H24N2O6. The summed E-state index contributed by atoms with van der Waals surface area (Å²) in [6.07, 6.45) is 0.522. The predicted octanol–water partition coefficient (Wildman–Crippen LogP) is 0.366. The van der Waals surface area contributed by atoms with Crippen LogP contribution in [0.15, 0.2) is 0 Å². The summed E-state index contributed by atoms with van der Waals surface area (Å²) in [6.45, 7) is 3.55. The maximum absolute atomic E-state index is 11.4. The molecule has 0 fully saturated rings. The van der Waals surface area contributed by atoms with Gasteiger partial charge in [0, 0.05) is 33.1 Å². The average Bonchev–Trinajstić information content (AvgIpc) is 2.36. The molecule has 0 aliphatic carbocycles. The van der Waals surface area contributed by atoms with E-state index in [1.807, 2.05) is 0 Å². The molecule has 0 aromatic carbocycles. The maximum atomic E-state index is 11.4. The molecule has 1 unspecified atom stereocenters. The van der Waals surface area contributed by atoms with E-state index in [4.69, 9.17) is 14.6 Å². The molecule has 0 bridgehead atoms. The summed E-state index contributed by atoms with van der Waals surface area (Å²) >= 11 is 0. The number of ether oxygens (including phenoxy) is 2. The number of hydrogen-bond acceptors (Lipinski definition) is 5. The Morgan fingerprint density at radius 1 is 1.14 bits per heavy atom. The van der Waals surface area contributed by atoms with Gasteiger partial charge in [0.2, 0.25) is 5.91 Å². The standard InChI is InChI=1S/C13H24N2O6/c1-10(9-12(17)18)8-11(16)15-13(19)14-4-3-5-21-7-6-20-2/h10H,3-9H2,1-2H3,(H,17,18)(H2,14,15,16,19). The van der Waals surface area contributed by atoms with Crippen LogP contribution >= 0.6 is 0 Å². The van der Waals surface area contributed by atoms with E-state index in [9.17, 15) is 14.4 Å². The molecule has 3 N–H and O–H groups in total. The van der Waals surface area contributed by atoms with Crippen LogP contribution in [0.3, 0.4) is 0 Å². The van der Waals surface area contributed by atoms with Crippen LogP contribution in [0, 0.1) is 5.92 Å². The number of carbonyl (C=O) groups excluding carboxylic acids is 2. The van der Waals surface area contributed by atoms with Crippen molar-refractivity contribution in [2.24, 2.45) is 5.92 Å². The lowest BCUT2D eigenvalue weighted by Gasteiger charge is -2.09. The first-order valence-electron chi connectivity index (χ1n) is 6.81. The van der Waals surface area contributed by atoms with E-state index in [1.54, 1.807) is 14.0 Å². The number of amides is 3. The zero-order chi connectivity index (χ0) is 16.1. The number of nitrogens with one attached hydrogen (secondary N) is 2. The fourth-order valence-corrected chi connectivity index (χ4v) is 1.53. The van der Waals surface area contributed by atoms with Gasteiger partial charge in [-0.05, 0) is 12.3 Å². The average molecular weight is 304 g/mol. The highest BCUT2D eigenvalue weighted by Crippen LogP contribution is 2.06. The molecule has 0 aliphatic rings. The first-order chi connectivity index (χ1) is 9.95. The lowest BCUT2D eigenvalue weighted by atomic mass is 10.0. The van der Waals surface area contributed by atoms with E-state index in [-0.39, 0.29) is 18.8 Å². The first kappa shape index (κ1) is 19.3. The van der Waals surface area contributed by atoms with E-state index in [1.165, 1.54) is 0 Å². The summed E-state index contributed by atoms with van der Waals surface area (Å²) in [5.41, 5.74) is 0. The van der Waals surface area contributed by atoms with Crippen LogP contribution in [0.2, 0.25) is 0 Å². The fourth-order valence-electron chi connectivity index (χ4n) is 1.53. The summed E-state index contributed by atoms with van der Waals surface area (Å²) in [6, 6.07) is -0.584. The number of aliphatic carboxylic acids is 1. The van der Waals surface area contributed by atoms with Gasteiger partial charge in [-0.2, -0.15) is 0 Å². The van der Waals surface area contributed by atoms with Gasteiger partial charge in [0.25, 0.3) is 0 Å². The molecule has 0 saturated heterocycles. The van der Waals surface area contributed by atoms with Crippen molar-refractivity contribution in [2.75, 3.05) is 33.5 Å². The fraction of sp³-hybridized carbons (Fsp3) is 0.769. The molecule has 0 aliphatic heterocycles. The van der Waals surface area contributed by atoms with Crippen LogP contribution < -0.4 is 10.6 Å². The molecule has 8 nitrogen and oxygen atoms in total. The van der Waals surface area contributed by atoms with Gasteiger partial charge in [0.15, 0.2) is 0 Å². The Balaban J connectivity index is 3.60. The Morgan fingerprint density at radius 2 is 1.86 bits per heavy atom. The third-order valence-electron chi connectivity index (χ3n) is 2.49. The van der Waals surface area contributed by atoms with Crippen molar-refractivity contribution < 1.29 is 29.0 Å². The number of imide groups is 1. The van der Waals surface area contributed by atoms with Crippen LogP contribution in [0.5, 0.6) is 0 Å². The minimum Gasteiger partial charge on any atom is -0.481 e. The quantitative estimate of drug-likeness (QED) is 0.475. The van der Waals surface area contributed by atoms with E-state index < -0.39 is 17.9 Å². The van der Waals surface area contributed by atoms with Crippen molar-refractivity contribution in [3.63, 3.8) is 0 Å². The molecule has 0 heterocycles. The smallest absolute Gasteiger partial charge is 0.321 e. The van der Waals surface area contributed by atoms with Gasteiger partial charge in [-0.25, -0.2) is 4.79 Å². The number of methoxy groups -OCH3 is 1. The molecule has 122 valence electrons. The predicted molar refractivity (Wildman–Crippen MR) is 74.9 cm³/mol. The Hall–Kier alpha value is -1.67. The Bertz CT molecular complexity index is 335. The van der Waals surface area contributed by atoms with Gasteiger partial charge < -0.3 is 19.9 Å². The van der Waals surface area contributed by atoms with Crippen LogP contribution in [0.1, 0.15) is 26.2 Å². The van der Waals surface area contributed by atoms with Crippen molar-refractivity contribution in [3.05, 3.63) is 0 Å².